The molecular formula is C24H21FN4O4S. The van der Waals surface area contributed by atoms with Crippen LogP contribution in [0.3, 0.4) is 0 Å². The smallest absolute Gasteiger partial charge is 0.306 e. The number of aromatic nitrogens is 3. The Hall–Kier alpha value is -3.92. The van der Waals surface area contributed by atoms with Crippen molar-refractivity contribution in [3.63, 3.8) is 0 Å². The van der Waals surface area contributed by atoms with E-state index in [0.29, 0.717) is 35.3 Å². The average Bonchev–Trinajstić information content (AvgIpc) is 3.27. The average molecular weight is 481 g/mol. The van der Waals surface area contributed by atoms with Crippen LogP contribution in [0, 0.1) is 5.82 Å². The van der Waals surface area contributed by atoms with Crippen LogP contribution < -0.4 is 10.5 Å². The van der Waals surface area contributed by atoms with Crippen molar-refractivity contribution in [2.75, 3.05) is 4.90 Å². The van der Waals surface area contributed by atoms with Crippen molar-refractivity contribution in [1.82, 2.24) is 15.0 Å². The second-order valence-electron chi connectivity index (χ2n) is 7.47. The Morgan fingerprint density at radius 3 is 2.68 bits per heavy atom. The van der Waals surface area contributed by atoms with Gasteiger partial charge in [-0.3, -0.25) is 19.3 Å². The standard InChI is InChI=1S/C24H21FN4O4S/c1-15(30)29(20-10-5-3-8-18(20)25)24-26-16(14-34-24)13-33-22(31)12-6-11-21-27-19-9-4-2-7-17(19)23(32)28-21/h2-5,7-10,14H,6,11-13H2,1H3,(H,27,28,32). The number of esters is 1. The summed E-state index contributed by atoms with van der Waals surface area (Å²) in [4.78, 5) is 49.0. The fourth-order valence-corrected chi connectivity index (χ4v) is 4.25. The van der Waals surface area contributed by atoms with Crippen molar-refractivity contribution >= 4 is 44.9 Å². The molecule has 174 valence electrons. The number of halogens is 1. The molecule has 1 N–H and O–H groups in total. The van der Waals surface area contributed by atoms with E-state index in [4.69, 9.17) is 4.74 Å². The Balaban J connectivity index is 1.31. The lowest BCUT2D eigenvalue weighted by Crippen LogP contribution is -2.23. The van der Waals surface area contributed by atoms with E-state index in [0.717, 1.165) is 11.3 Å². The van der Waals surface area contributed by atoms with Crippen LogP contribution in [0.1, 0.15) is 31.3 Å². The molecule has 1 amide bonds. The number of carbonyl (C=O) groups excluding carboxylic acids is 2. The molecule has 0 aliphatic carbocycles. The number of H-pyrrole nitrogens is 1. The summed E-state index contributed by atoms with van der Waals surface area (Å²) in [6, 6.07) is 13.0. The molecule has 0 fully saturated rings. The summed E-state index contributed by atoms with van der Waals surface area (Å²) in [5.74, 6) is -0.834. The molecule has 4 aromatic rings. The van der Waals surface area contributed by atoms with Gasteiger partial charge in [-0.05, 0) is 30.7 Å². The number of fused-ring (bicyclic) bond motifs is 1. The second-order valence-corrected chi connectivity index (χ2v) is 8.31. The molecule has 0 bridgehead atoms. The number of aromatic amines is 1. The number of rotatable bonds is 8. The van der Waals surface area contributed by atoms with Gasteiger partial charge in [-0.1, -0.05) is 24.3 Å². The van der Waals surface area contributed by atoms with Crippen molar-refractivity contribution in [1.29, 1.82) is 0 Å². The van der Waals surface area contributed by atoms with Crippen LogP contribution in [0.25, 0.3) is 10.9 Å². The summed E-state index contributed by atoms with van der Waals surface area (Å²) in [6.45, 7) is 1.26. The first-order valence-electron chi connectivity index (χ1n) is 10.6. The number of hydrogen-bond acceptors (Lipinski definition) is 7. The van der Waals surface area contributed by atoms with Gasteiger partial charge in [0.2, 0.25) is 5.91 Å². The minimum atomic E-state index is -0.539. The maximum atomic E-state index is 14.2. The second kappa shape index (κ2) is 10.3. The van der Waals surface area contributed by atoms with Crippen LogP contribution in [0.4, 0.5) is 15.2 Å². The quantitative estimate of drug-likeness (QED) is 0.378. The molecule has 0 atom stereocenters. The van der Waals surface area contributed by atoms with Crippen LogP contribution in [0.2, 0.25) is 0 Å². The minimum absolute atomic E-state index is 0.0661. The molecule has 0 saturated carbocycles. The van der Waals surface area contributed by atoms with Crippen LogP contribution in [-0.4, -0.2) is 26.8 Å². The summed E-state index contributed by atoms with van der Waals surface area (Å²) in [5, 5.41) is 2.46. The van der Waals surface area contributed by atoms with Gasteiger partial charge in [0.05, 0.1) is 22.3 Å². The van der Waals surface area contributed by atoms with Crippen LogP contribution in [0.5, 0.6) is 0 Å². The Labute approximate surface area is 198 Å². The zero-order valence-corrected chi connectivity index (χ0v) is 19.1. The normalized spacial score (nSPS) is 10.9. The summed E-state index contributed by atoms with van der Waals surface area (Å²) >= 11 is 1.15. The van der Waals surface area contributed by atoms with Crippen molar-refractivity contribution in [2.45, 2.75) is 32.8 Å². The first kappa shape index (κ1) is 23.2. The highest BCUT2D eigenvalue weighted by atomic mass is 32.1. The number of carbonyl (C=O) groups is 2. The lowest BCUT2D eigenvalue weighted by Gasteiger charge is -2.18. The van der Waals surface area contributed by atoms with Gasteiger partial charge in [0.1, 0.15) is 18.2 Å². The highest BCUT2D eigenvalue weighted by Crippen LogP contribution is 2.30. The number of aryl methyl sites for hydroxylation is 1. The predicted octanol–water partition coefficient (Wildman–Crippen LogP) is 4.27. The fourth-order valence-electron chi connectivity index (χ4n) is 3.39. The zero-order valence-electron chi connectivity index (χ0n) is 18.3. The lowest BCUT2D eigenvalue weighted by atomic mass is 10.2. The molecule has 0 saturated heterocycles. The van der Waals surface area contributed by atoms with E-state index < -0.39 is 11.8 Å². The highest BCUT2D eigenvalue weighted by molar-refractivity contribution is 7.14. The maximum absolute atomic E-state index is 14.2. The number of nitrogens with one attached hydrogen (secondary N) is 1. The molecule has 0 aliphatic heterocycles. The topological polar surface area (TPSA) is 105 Å². The molecule has 8 nitrogen and oxygen atoms in total. The number of anilines is 2. The number of hydrogen-bond donors (Lipinski definition) is 1. The third-order valence-corrected chi connectivity index (χ3v) is 5.85. The Kier molecular flexibility index (Phi) is 7.07. The van der Waals surface area contributed by atoms with Crippen molar-refractivity contribution in [2.24, 2.45) is 0 Å². The number of ether oxygens (including phenoxy) is 1. The number of thiazole rings is 1. The first-order chi connectivity index (χ1) is 16.4. The van der Waals surface area contributed by atoms with E-state index in [1.54, 1.807) is 29.6 Å². The number of para-hydroxylation sites is 2. The number of nitrogens with zero attached hydrogens (tertiary/aromatic N) is 3. The van der Waals surface area contributed by atoms with E-state index in [1.165, 1.54) is 30.0 Å². The third-order valence-electron chi connectivity index (χ3n) is 4.98. The summed E-state index contributed by atoms with van der Waals surface area (Å²) in [7, 11) is 0. The number of amides is 1. The summed E-state index contributed by atoms with van der Waals surface area (Å²) in [5.41, 5.74) is 0.959. The van der Waals surface area contributed by atoms with Crippen LogP contribution in [0.15, 0.2) is 58.7 Å². The molecule has 10 heteroatoms. The van der Waals surface area contributed by atoms with Crippen molar-refractivity contribution < 1.29 is 18.7 Å². The van der Waals surface area contributed by atoms with Gasteiger partial charge in [-0.25, -0.2) is 14.4 Å². The molecule has 2 heterocycles. The summed E-state index contributed by atoms with van der Waals surface area (Å²) in [6.07, 6.45) is 1.02. The summed E-state index contributed by atoms with van der Waals surface area (Å²) < 4.78 is 19.5. The van der Waals surface area contributed by atoms with E-state index in [2.05, 4.69) is 15.0 Å². The Morgan fingerprint density at radius 1 is 1.12 bits per heavy atom. The molecule has 0 aliphatic rings. The SMILES string of the molecule is CC(=O)N(c1nc(COC(=O)CCCc2nc3ccccc3c(=O)[nH]2)cs1)c1ccccc1F. The third kappa shape index (κ3) is 5.34. The molecule has 0 radical (unpaired) electrons. The lowest BCUT2D eigenvalue weighted by molar-refractivity contribution is -0.145. The van der Waals surface area contributed by atoms with Gasteiger partial charge in [0, 0.05) is 25.1 Å². The zero-order chi connectivity index (χ0) is 24.1. The van der Waals surface area contributed by atoms with Crippen LogP contribution >= 0.6 is 11.3 Å². The van der Waals surface area contributed by atoms with Crippen molar-refractivity contribution in [3.8, 4) is 0 Å². The Morgan fingerprint density at radius 2 is 1.88 bits per heavy atom. The first-order valence-corrected chi connectivity index (χ1v) is 11.4. The van der Waals surface area contributed by atoms with Crippen molar-refractivity contribution in [3.05, 3.63) is 81.6 Å². The molecule has 4 rings (SSSR count). The van der Waals surface area contributed by atoms with Gasteiger partial charge in [0.15, 0.2) is 5.13 Å². The van der Waals surface area contributed by atoms with E-state index in [-0.39, 0.29) is 35.3 Å². The molecular weight excluding hydrogens is 459 g/mol. The van der Waals surface area contributed by atoms with Gasteiger partial charge in [0.25, 0.3) is 5.56 Å². The van der Waals surface area contributed by atoms with Gasteiger partial charge >= 0.3 is 5.97 Å². The fraction of sp³-hybridized carbons (Fsp3) is 0.208. The van der Waals surface area contributed by atoms with Gasteiger partial charge < -0.3 is 9.72 Å². The van der Waals surface area contributed by atoms with Gasteiger partial charge in [-0.15, -0.1) is 11.3 Å². The maximum Gasteiger partial charge on any atom is 0.306 e. The van der Waals surface area contributed by atoms with Gasteiger partial charge in [-0.2, -0.15) is 0 Å². The number of benzene rings is 2. The molecule has 2 aromatic carbocycles. The minimum Gasteiger partial charge on any atom is -0.459 e. The van der Waals surface area contributed by atoms with E-state index in [9.17, 15) is 18.8 Å². The van der Waals surface area contributed by atoms with E-state index in [1.807, 2.05) is 6.07 Å². The predicted molar refractivity (Wildman–Crippen MR) is 126 cm³/mol. The molecule has 34 heavy (non-hydrogen) atoms. The molecule has 0 unspecified atom stereocenters. The molecule has 2 aromatic heterocycles. The Bertz CT molecular complexity index is 1400. The monoisotopic (exact) mass is 480 g/mol. The highest BCUT2D eigenvalue weighted by Gasteiger charge is 2.21. The van der Waals surface area contributed by atoms with Crippen LogP contribution in [-0.2, 0) is 27.4 Å². The largest absolute Gasteiger partial charge is 0.459 e. The van der Waals surface area contributed by atoms with E-state index >= 15 is 0 Å². The molecule has 0 spiro atoms.